The molecule has 0 bridgehead atoms. The minimum Gasteiger partial charge on any atom is -0.377 e. The van der Waals surface area contributed by atoms with Crippen molar-refractivity contribution >= 4 is 14.7 Å². The molecule has 0 fully saturated rings. The van der Waals surface area contributed by atoms with Crippen LogP contribution >= 0.6 is 0 Å². The standard InChI is InChI=1S/C9H19NO4Si/c1-8(2)9(11)10-6-7-15(12-3,13-4)14-5/h1,6-7H2,2-5H3,(H,10,11). The van der Waals surface area contributed by atoms with Crippen LogP contribution in [0.2, 0.25) is 6.04 Å². The summed E-state index contributed by atoms with van der Waals surface area (Å²) in [5.41, 5.74) is 0.481. The molecule has 0 aliphatic heterocycles. The van der Waals surface area contributed by atoms with E-state index in [2.05, 4.69) is 11.9 Å². The number of hydrogen-bond donors (Lipinski definition) is 1. The fraction of sp³-hybridized carbons (Fsp3) is 0.667. The van der Waals surface area contributed by atoms with Crippen molar-refractivity contribution < 1.29 is 18.1 Å². The van der Waals surface area contributed by atoms with E-state index in [0.29, 0.717) is 18.2 Å². The van der Waals surface area contributed by atoms with Crippen molar-refractivity contribution in [3.63, 3.8) is 0 Å². The lowest BCUT2D eigenvalue weighted by Gasteiger charge is -2.24. The topological polar surface area (TPSA) is 56.8 Å². The summed E-state index contributed by atoms with van der Waals surface area (Å²) in [5, 5.41) is 2.70. The maximum absolute atomic E-state index is 11.2. The molecule has 0 aliphatic carbocycles. The van der Waals surface area contributed by atoms with E-state index in [1.807, 2.05) is 0 Å². The molecule has 0 saturated carbocycles. The summed E-state index contributed by atoms with van der Waals surface area (Å²) in [7, 11) is 2.06. The maximum Gasteiger partial charge on any atom is 0.501 e. The molecule has 0 radical (unpaired) electrons. The normalized spacial score (nSPS) is 11.2. The largest absolute Gasteiger partial charge is 0.501 e. The van der Waals surface area contributed by atoms with Gasteiger partial charge in [0.2, 0.25) is 5.91 Å². The van der Waals surface area contributed by atoms with Gasteiger partial charge < -0.3 is 18.6 Å². The monoisotopic (exact) mass is 233 g/mol. The van der Waals surface area contributed by atoms with Crippen molar-refractivity contribution in [2.45, 2.75) is 13.0 Å². The first kappa shape index (κ1) is 14.3. The summed E-state index contributed by atoms with van der Waals surface area (Å²) in [6, 6.07) is 0.537. The quantitative estimate of drug-likeness (QED) is 0.515. The van der Waals surface area contributed by atoms with Crippen LogP contribution in [0.4, 0.5) is 0 Å². The minimum atomic E-state index is -2.56. The van der Waals surface area contributed by atoms with E-state index in [1.54, 1.807) is 28.3 Å². The molecule has 0 saturated heterocycles. The molecular formula is C9H19NO4Si. The Morgan fingerprint density at radius 2 is 1.73 bits per heavy atom. The first-order chi connectivity index (χ1) is 7.01. The highest BCUT2D eigenvalue weighted by Gasteiger charge is 2.37. The first-order valence-corrected chi connectivity index (χ1v) is 6.53. The fourth-order valence-electron chi connectivity index (χ4n) is 1.04. The number of nitrogens with one attached hydrogen (secondary N) is 1. The Morgan fingerprint density at radius 1 is 1.27 bits per heavy atom. The highest BCUT2D eigenvalue weighted by molar-refractivity contribution is 6.60. The van der Waals surface area contributed by atoms with E-state index in [0.717, 1.165) is 0 Å². The summed E-state index contributed by atoms with van der Waals surface area (Å²) in [5.74, 6) is -0.166. The number of rotatable bonds is 7. The second-order valence-electron chi connectivity index (χ2n) is 3.08. The summed E-state index contributed by atoms with van der Waals surface area (Å²) < 4.78 is 15.6. The lowest BCUT2D eigenvalue weighted by Crippen LogP contribution is -2.45. The van der Waals surface area contributed by atoms with Gasteiger partial charge in [0.25, 0.3) is 0 Å². The number of amides is 1. The van der Waals surface area contributed by atoms with Crippen LogP contribution in [0.1, 0.15) is 6.92 Å². The van der Waals surface area contributed by atoms with Gasteiger partial charge in [0, 0.05) is 39.5 Å². The molecule has 15 heavy (non-hydrogen) atoms. The van der Waals surface area contributed by atoms with E-state index in [-0.39, 0.29) is 5.91 Å². The molecule has 0 heterocycles. The molecule has 0 unspecified atom stereocenters. The average Bonchev–Trinajstić information content (AvgIpc) is 2.24. The third-order valence-corrected chi connectivity index (χ3v) is 4.77. The molecule has 0 aromatic heterocycles. The fourth-order valence-corrected chi connectivity index (χ4v) is 2.58. The van der Waals surface area contributed by atoms with Crippen molar-refractivity contribution in [3.8, 4) is 0 Å². The van der Waals surface area contributed by atoms with Crippen LogP contribution in [0.5, 0.6) is 0 Å². The maximum atomic E-state index is 11.2. The SMILES string of the molecule is C=C(C)C(=O)NCC[Si](OC)(OC)OC. The third kappa shape index (κ3) is 4.56. The zero-order valence-electron chi connectivity index (χ0n) is 9.75. The van der Waals surface area contributed by atoms with Crippen LogP contribution in [-0.2, 0) is 18.1 Å². The third-order valence-electron chi connectivity index (χ3n) is 2.04. The summed E-state index contributed by atoms with van der Waals surface area (Å²) >= 11 is 0. The molecule has 5 nitrogen and oxygen atoms in total. The summed E-state index contributed by atoms with van der Waals surface area (Å²) in [6.07, 6.45) is 0. The predicted octanol–water partition coefficient (Wildman–Crippen LogP) is 0.557. The van der Waals surface area contributed by atoms with Crippen molar-refractivity contribution in [2.75, 3.05) is 27.9 Å². The van der Waals surface area contributed by atoms with Gasteiger partial charge in [-0.3, -0.25) is 4.79 Å². The van der Waals surface area contributed by atoms with Gasteiger partial charge in [0.15, 0.2) is 0 Å². The Hall–Kier alpha value is -0.693. The molecule has 0 rings (SSSR count). The van der Waals surface area contributed by atoms with E-state index >= 15 is 0 Å². The lowest BCUT2D eigenvalue weighted by atomic mass is 10.3. The molecular weight excluding hydrogens is 214 g/mol. The van der Waals surface area contributed by atoms with E-state index < -0.39 is 8.80 Å². The van der Waals surface area contributed by atoms with Gasteiger partial charge in [0.1, 0.15) is 0 Å². The van der Waals surface area contributed by atoms with Gasteiger partial charge >= 0.3 is 8.80 Å². The molecule has 6 heteroatoms. The molecule has 0 aromatic carbocycles. The van der Waals surface area contributed by atoms with Crippen molar-refractivity contribution in [1.29, 1.82) is 0 Å². The van der Waals surface area contributed by atoms with Gasteiger partial charge in [-0.25, -0.2) is 0 Å². The molecule has 0 spiro atoms. The smallest absolute Gasteiger partial charge is 0.377 e. The Labute approximate surface area is 91.8 Å². The van der Waals surface area contributed by atoms with Crippen LogP contribution < -0.4 is 5.32 Å². The molecule has 0 aromatic rings. The number of carbonyl (C=O) groups is 1. The Morgan fingerprint density at radius 3 is 2.07 bits per heavy atom. The second kappa shape index (κ2) is 6.73. The lowest BCUT2D eigenvalue weighted by molar-refractivity contribution is -0.117. The van der Waals surface area contributed by atoms with Gasteiger partial charge in [0.05, 0.1) is 0 Å². The first-order valence-electron chi connectivity index (χ1n) is 4.60. The van der Waals surface area contributed by atoms with Crippen LogP contribution in [-0.4, -0.2) is 42.6 Å². The van der Waals surface area contributed by atoms with Crippen LogP contribution in [0.15, 0.2) is 12.2 Å². The number of hydrogen-bond acceptors (Lipinski definition) is 4. The highest BCUT2D eigenvalue weighted by atomic mass is 28.4. The minimum absolute atomic E-state index is 0.166. The Kier molecular flexibility index (Phi) is 6.42. The van der Waals surface area contributed by atoms with Gasteiger partial charge in [-0.15, -0.1) is 0 Å². The van der Waals surface area contributed by atoms with E-state index in [4.69, 9.17) is 13.3 Å². The Balaban J connectivity index is 4.02. The van der Waals surface area contributed by atoms with Gasteiger partial charge in [-0.2, -0.15) is 0 Å². The predicted molar refractivity (Wildman–Crippen MR) is 59.4 cm³/mol. The van der Waals surface area contributed by atoms with Crippen molar-refractivity contribution in [1.82, 2.24) is 5.32 Å². The summed E-state index contributed by atoms with van der Waals surface area (Å²) in [4.78, 5) is 11.2. The molecule has 1 N–H and O–H groups in total. The molecule has 0 aliphatic rings. The second-order valence-corrected chi connectivity index (χ2v) is 6.17. The average molecular weight is 233 g/mol. The molecule has 88 valence electrons. The zero-order chi connectivity index (χ0) is 11.9. The zero-order valence-corrected chi connectivity index (χ0v) is 10.8. The van der Waals surface area contributed by atoms with Gasteiger partial charge in [-0.1, -0.05) is 6.58 Å². The molecule has 1 amide bonds. The molecule has 0 atom stereocenters. The summed E-state index contributed by atoms with van der Waals surface area (Å²) in [6.45, 7) is 5.64. The van der Waals surface area contributed by atoms with E-state index in [9.17, 15) is 4.79 Å². The number of carbonyl (C=O) groups excluding carboxylic acids is 1. The van der Waals surface area contributed by atoms with E-state index in [1.165, 1.54) is 0 Å². The Bertz CT molecular complexity index is 220. The van der Waals surface area contributed by atoms with Crippen LogP contribution in [0, 0.1) is 0 Å². The van der Waals surface area contributed by atoms with Crippen molar-refractivity contribution in [3.05, 3.63) is 12.2 Å². The van der Waals surface area contributed by atoms with Crippen LogP contribution in [0.3, 0.4) is 0 Å². The highest BCUT2D eigenvalue weighted by Crippen LogP contribution is 2.11. The van der Waals surface area contributed by atoms with Crippen molar-refractivity contribution in [2.24, 2.45) is 0 Å². The van der Waals surface area contributed by atoms with Gasteiger partial charge in [-0.05, 0) is 6.92 Å². The van der Waals surface area contributed by atoms with Crippen LogP contribution in [0.25, 0.3) is 0 Å².